The predicted octanol–water partition coefficient (Wildman–Crippen LogP) is 3.67. The Morgan fingerprint density at radius 2 is 2.04 bits per heavy atom. The van der Waals surface area contributed by atoms with Crippen molar-refractivity contribution >= 4 is 40.6 Å². The lowest BCUT2D eigenvalue weighted by Gasteiger charge is -2.20. The van der Waals surface area contributed by atoms with Crippen LogP contribution in [-0.2, 0) is 16.6 Å². The molecule has 0 unspecified atom stereocenters. The van der Waals surface area contributed by atoms with Gasteiger partial charge in [0.2, 0.25) is 11.2 Å². The first-order chi connectivity index (χ1) is 10.9. The van der Waals surface area contributed by atoms with E-state index >= 15 is 0 Å². The number of hydrogen-bond acceptors (Lipinski definition) is 4. The zero-order valence-corrected chi connectivity index (χ0v) is 14.1. The number of hydrogen-bond donors (Lipinski definition) is 0. The highest BCUT2D eigenvalue weighted by atomic mass is 35.5. The second-order valence-electron chi connectivity index (χ2n) is 6.14. The number of amides is 1. The van der Waals surface area contributed by atoms with Gasteiger partial charge in [0.25, 0.3) is 0 Å². The van der Waals surface area contributed by atoms with Gasteiger partial charge in [-0.05, 0) is 49.2 Å². The summed E-state index contributed by atoms with van der Waals surface area (Å²) in [5, 5.41) is 0.235. The van der Waals surface area contributed by atoms with Crippen molar-refractivity contribution in [3.63, 3.8) is 0 Å². The van der Waals surface area contributed by atoms with Crippen molar-refractivity contribution in [1.82, 2.24) is 9.97 Å². The summed E-state index contributed by atoms with van der Waals surface area (Å²) in [5.41, 5.74) is 1.60. The van der Waals surface area contributed by atoms with Crippen LogP contribution in [0, 0.1) is 0 Å². The molecule has 0 fully saturated rings. The van der Waals surface area contributed by atoms with Crippen molar-refractivity contribution in [2.45, 2.75) is 25.7 Å². The summed E-state index contributed by atoms with van der Waals surface area (Å²) in [4.78, 5) is 22.8. The minimum absolute atomic E-state index is 0.0220. The van der Waals surface area contributed by atoms with Gasteiger partial charge in [-0.25, -0.2) is 4.98 Å². The highest BCUT2D eigenvalue weighted by Gasteiger charge is 2.48. The number of carbonyl (C=O) groups is 1. The molecule has 4 rings (SSSR count). The summed E-state index contributed by atoms with van der Waals surface area (Å²) in [6.07, 6.45) is 0.826. The third-order valence-electron chi connectivity index (χ3n) is 4.32. The molecule has 0 saturated heterocycles. The molecule has 1 aromatic heterocycles. The Bertz CT molecular complexity index is 851. The van der Waals surface area contributed by atoms with Crippen LogP contribution in [0.15, 0.2) is 18.2 Å². The van der Waals surface area contributed by atoms with Gasteiger partial charge < -0.3 is 4.74 Å². The predicted molar refractivity (Wildman–Crippen MR) is 87.9 cm³/mol. The average molecular weight is 350 g/mol. The molecule has 0 spiro atoms. The first-order valence-corrected chi connectivity index (χ1v) is 7.99. The Hall–Kier alpha value is -1.85. The lowest BCUT2D eigenvalue weighted by Crippen LogP contribution is -2.33. The highest BCUT2D eigenvalue weighted by Crippen LogP contribution is 2.47. The van der Waals surface area contributed by atoms with E-state index in [1.165, 1.54) is 0 Å². The molecule has 2 aliphatic heterocycles. The molecule has 0 N–H and O–H groups in total. The fraction of sp³-hybridized carbons (Fsp3) is 0.312. The average Bonchev–Trinajstić information content (AvgIpc) is 3.00. The van der Waals surface area contributed by atoms with E-state index in [0.29, 0.717) is 18.0 Å². The van der Waals surface area contributed by atoms with Gasteiger partial charge in [-0.1, -0.05) is 11.6 Å². The maximum absolute atomic E-state index is 13.0. The van der Waals surface area contributed by atoms with E-state index in [1.54, 1.807) is 4.90 Å². The number of aromatic nitrogens is 2. The zero-order valence-electron chi connectivity index (χ0n) is 12.6. The molecule has 5 nitrogen and oxygen atoms in total. The zero-order chi connectivity index (χ0) is 16.4. The molecule has 0 aliphatic carbocycles. The van der Waals surface area contributed by atoms with Gasteiger partial charge >= 0.3 is 0 Å². The van der Waals surface area contributed by atoms with E-state index in [0.717, 1.165) is 23.4 Å². The normalized spacial score (nSPS) is 17.9. The van der Waals surface area contributed by atoms with Gasteiger partial charge in [0.05, 0.1) is 17.7 Å². The summed E-state index contributed by atoms with van der Waals surface area (Å²) in [6, 6.07) is 5.67. The van der Waals surface area contributed by atoms with Crippen molar-refractivity contribution in [3.05, 3.63) is 39.8 Å². The highest BCUT2D eigenvalue weighted by molar-refractivity contribution is 6.34. The van der Waals surface area contributed by atoms with Crippen molar-refractivity contribution in [2.75, 3.05) is 11.5 Å². The number of fused-ring (bicyclic) bond motifs is 2. The topological polar surface area (TPSA) is 55.3 Å². The first-order valence-electron chi connectivity index (χ1n) is 7.23. The van der Waals surface area contributed by atoms with Crippen LogP contribution in [-0.4, -0.2) is 22.5 Å². The summed E-state index contributed by atoms with van der Waals surface area (Å²) in [6.45, 7) is 4.29. The molecule has 1 amide bonds. The van der Waals surface area contributed by atoms with Crippen LogP contribution in [0.2, 0.25) is 10.4 Å². The van der Waals surface area contributed by atoms with Gasteiger partial charge in [-0.2, -0.15) is 4.98 Å². The third kappa shape index (κ3) is 2.03. The minimum Gasteiger partial charge on any atom is -0.493 e. The molecule has 7 heteroatoms. The summed E-state index contributed by atoms with van der Waals surface area (Å²) in [7, 11) is 0. The SMILES string of the molecule is CC1(C)C(=O)N(c2ccc3c(c2)CCO3)c2nc(Cl)nc(Cl)c21. The van der Waals surface area contributed by atoms with Crippen LogP contribution in [0.1, 0.15) is 25.0 Å². The van der Waals surface area contributed by atoms with Crippen molar-refractivity contribution < 1.29 is 9.53 Å². The number of anilines is 2. The molecule has 23 heavy (non-hydrogen) atoms. The Morgan fingerprint density at radius 3 is 2.83 bits per heavy atom. The Morgan fingerprint density at radius 1 is 1.26 bits per heavy atom. The van der Waals surface area contributed by atoms with E-state index in [-0.39, 0.29) is 16.3 Å². The number of rotatable bonds is 1. The molecular weight excluding hydrogens is 337 g/mol. The second kappa shape index (κ2) is 4.82. The minimum atomic E-state index is -0.813. The Kier molecular flexibility index (Phi) is 3.09. The Labute approximate surface area is 143 Å². The lowest BCUT2D eigenvalue weighted by atomic mass is 9.88. The van der Waals surface area contributed by atoms with Crippen LogP contribution in [0.3, 0.4) is 0 Å². The number of benzene rings is 1. The molecule has 2 aliphatic rings. The fourth-order valence-electron chi connectivity index (χ4n) is 3.13. The van der Waals surface area contributed by atoms with Crippen molar-refractivity contribution in [3.8, 4) is 5.75 Å². The molecule has 2 aromatic rings. The molecule has 0 radical (unpaired) electrons. The van der Waals surface area contributed by atoms with Crippen molar-refractivity contribution in [1.29, 1.82) is 0 Å². The summed E-state index contributed by atoms with van der Waals surface area (Å²) < 4.78 is 5.52. The molecule has 118 valence electrons. The van der Waals surface area contributed by atoms with E-state index in [1.807, 2.05) is 32.0 Å². The largest absolute Gasteiger partial charge is 0.493 e. The van der Waals surface area contributed by atoms with Crippen LogP contribution < -0.4 is 9.64 Å². The van der Waals surface area contributed by atoms with Gasteiger partial charge in [-0.15, -0.1) is 0 Å². The van der Waals surface area contributed by atoms with E-state index in [4.69, 9.17) is 27.9 Å². The molecule has 3 heterocycles. The van der Waals surface area contributed by atoms with Crippen LogP contribution in [0.4, 0.5) is 11.5 Å². The number of carbonyl (C=O) groups excluding carboxylic acids is 1. The quantitative estimate of drug-likeness (QED) is 0.582. The fourth-order valence-corrected chi connectivity index (χ4v) is 3.74. The maximum Gasteiger partial charge on any atom is 0.243 e. The van der Waals surface area contributed by atoms with Crippen LogP contribution >= 0.6 is 23.2 Å². The van der Waals surface area contributed by atoms with Crippen molar-refractivity contribution in [2.24, 2.45) is 0 Å². The second-order valence-corrected chi connectivity index (χ2v) is 6.83. The van der Waals surface area contributed by atoms with E-state index < -0.39 is 5.41 Å². The van der Waals surface area contributed by atoms with Gasteiger partial charge in [-0.3, -0.25) is 9.69 Å². The van der Waals surface area contributed by atoms with Crippen LogP contribution in [0.25, 0.3) is 0 Å². The lowest BCUT2D eigenvalue weighted by molar-refractivity contribution is -0.121. The van der Waals surface area contributed by atoms with Gasteiger partial charge in [0, 0.05) is 12.0 Å². The summed E-state index contributed by atoms with van der Waals surface area (Å²) >= 11 is 12.2. The number of halogens is 2. The van der Waals surface area contributed by atoms with Gasteiger partial charge in [0.15, 0.2) is 5.82 Å². The van der Waals surface area contributed by atoms with E-state index in [2.05, 4.69) is 9.97 Å². The smallest absolute Gasteiger partial charge is 0.243 e. The van der Waals surface area contributed by atoms with E-state index in [9.17, 15) is 4.79 Å². The maximum atomic E-state index is 13.0. The molecule has 0 saturated carbocycles. The Balaban J connectivity index is 1.92. The standard InChI is InChI=1S/C16H13Cl2N3O2/c1-16(2)11-12(17)19-15(18)20-13(11)21(14(16)22)9-3-4-10-8(7-9)5-6-23-10/h3-4,7H,5-6H2,1-2H3. The third-order valence-corrected chi connectivity index (χ3v) is 4.77. The monoisotopic (exact) mass is 349 g/mol. The first kappa shape index (κ1) is 14.7. The van der Waals surface area contributed by atoms with Gasteiger partial charge in [0.1, 0.15) is 10.9 Å². The number of nitrogens with zero attached hydrogens (tertiary/aromatic N) is 3. The number of ether oxygens (including phenoxy) is 1. The van der Waals surface area contributed by atoms with Crippen LogP contribution in [0.5, 0.6) is 5.75 Å². The molecule has 0 atom stereocenters. The molecule has 0 bridgehead atoms. The molecular formula is C16H13Cl2N3O2. The summed E-state index contributed by atoms with van der Waals surface area (Å²) in [5.74, 6) is 1.20. The molecule has 1 aromatic carbocycles.